The molecule has 2 rings (SSSR count). The van der Waals surface area contributed by atoms with Crippen LogP contribution < -0.4 is 16.0 Å². The fourth-order valence-corrected chi connectivity index (χ4v) is 2.74. The molecule has 20 heavy (non-hydrogen) atoms. The SMILES string of the molecule is CCC1CCC(CNc2nc(N)nc(N(C)C)n2)CC1. The Hall–Kier alpha value is -1.59. The van der Waals surface area contributed by atoms with E-state index in [-0.39, 0.29) is 5.95 Å². The third kappa shape index (κ3) is 3.95. The number of rotatable bonds is 5. The van der Waals surface area contributed by atoms with E-state index in [2.05, 4.69) is 27.2 Å². The Morgan fingerprint density at radius 3 is 2.35 bits per heavy atom. The van der Waals surface area contributed by atoms with Crippen LogP contribution in [0.4, 0.5) is 17.8 Å². The second kappa shape index (κ2) is 6.72. The zero-order chi connectivity index (χ0) is 14.5. The lowest BCUT2D eigenvalue weighted by atomic mass is 9.81. The Labute approximate surface area is 121 Å². The number of nitrogens with zero attached hydrogens (tertiary/aromatic N) is 4. The number of nitrogens with one attached hydrogen (secondary N) is 1. The lowest BCUT2D eigenvalue weighted by molar-refractivity contribution is 0.278. The van der Waals surface area contributed by atoms with Gasteiger partial charge in [0, 0.05) is 20.6 Å². The summed E-state index contributed by atoms with van der Waals surface area (Å²) < 4.78 is 0. The molecule has 0 aliphatic heterocycles. The van der Waals surface area contributed by atoms with Crippen molar-refractivity contribution in [1.29, 1.82) is 0 Å². The molecule has 0 radical (unpaired) electrons. The largest absolute Gasteiger partial charge is 0.368 e. The average Bonchev–Trinajstić information content (AvgIpc) is 2.45. The summed E-state index contributed by atoms with van der Waals surface area (Å²) >= 11 is 0. The molecule has 1 aliphatic rings. The van der Waals surface area contributed by atoms with Gasteiger partial charge >= 0.3 is 0 Å². The minimum absolute atomic E-state index is 0.265. The molecule has 0 atom stereocenters. The van der Waals surface area contributed by atoms with E-state index in [0.717, 1.165) is 18.4 Å². The Bertz CT molecular complexity index is 426. The van der Waals surface area contributed by atoms with Crippen molar-refractivity contribution in [3.8, 4) is 0 Å². The summed E-state index contributed by atoms with van der Waals surface area (Å²) in [6.07, 6.45) is 6.62. The number of anilines is 3. The molecule has 6 heteroatoms. The maximum absolute atomic E-state index is 5.71. The van der Waals surface area contributed by atoms with Gasteiger partial charge < -0.3 is 16.0 Å². The molecule has 0 spiro atoms. The van der Waals surface area contributed by atoms with Crippen molar-refractivity contribution in [2.45, 2.75) is 39.0 Å². The van der Waals surface area contributed by atoms with Crippen LogP contribution in [0.3, 0.4) is 0 Å². The number of hydrogen-bond donors (Lipinski definition) is 2. The second-order valence-electron chi connectivity index (χ2n) is 5.89. The highest BCUT2D eigenvalue weighted by molar-refractivity contribution is 5.40. The molecule has 3 N–H and O–H groups in total. The topological polar surface area (TPSA) is 80.0 Å². The fourth-order valence-electron chi connectivity index (χ4n) is 2.74. The summed E-state index contributed by atoms with van der Waals surface area (Å²) in [5.74, 6) is 3.09. The highest BCUT2D eigenvalue weighted by atomic mass is 15.3. The molecule has 0 bridgehead atoms. The third-order valence-corrected chi connectivity index (χ3v) is 4.13. The molecule has 0 amide bonds. The van der Waals surface area contributed by atoms with E-state index in [1.807, 2.05) is 19.0 Å². The first-order valence-corrected chi connectivity index (χ1v) is 7.51. The summed E-state index contributed by atoms with van der Waals surface area (Å²) in [5, 5.41) is 3.31. The molecule has 0 saturated heterocycles. The summed E-state index contributed by atoms with van der Waals surface area (Å²) in [5.41, 5.74) is 5.71. The molecule has 1 aromatic heterocycles. The van der Waals surface area contributed by atoms with E-state index in [9.17, 15) is 0 Å². The number of nitrogen functional groups attached to an aromatic ring is 1. The van der Waals surface area contributed by atoms with Gasteiger partial charge in [-0.05, 0) is 24.7 Å². The zero-order valence-corrected chi connectivity index (χ0v) is 12.8. The number of nitrogens with two attached hydrogens (primary N) is 1. The Morgan fingerprint density at radius 2 is 1.75 bits per heavy atom. The molecule has 1 aliphatic carbocycles. The Kier molecular flexibility index (Phi) is 4.98. The minimum atomic E-state index is 0.265. The highest BCUT2D eigenvalue weighted by Gasteiger charge is 2.20. The molecule has 112 valence electrons. The Morgan fingerprint density at radius 1 is 1.10 bits per heavy atom. The predicted octanol–water partition coefficient (Wildman–Crippen LogP) is 2.15. The molecule has 1 fully saturated rings. The van der Waals surface area contributed by atoms with Crippen LogP contribution in [0.2, 0.25) is 0 Å². The smallest absolute Gasteiger partial charge is 0.231 e. The van der Waals surface area contributed by atoms with Crippen LogP contribution in [0, 0.1) is 11.8 Å². The normalized spacial score (nSPS) is 22.6. The first kappa shape index (κ1) is 14.8. The van der Waals surface area contributed by atoms with Crippen LogP contribution in [-0.2, 0) is 0 Å². The van der Waals surface area contributed by atoms with Gasteiger partial charge in [-0.1, -0.05) is 26.2 Å². The van der Waals surface area contributed by atoms with E-state index in [0.29, 0.717) is 11.9 Å². The standard InChI is InChI=1S/C14H26N6/c1-4-10-5-7-11(8-6-10)9-16-13-17-12(15)18-14(19-13)20(2)3/h10-11H,4-9H2,1-3H3,(H3,15,16,17,18,19). The van der Waals surface area contributed by atoms with Gasteiger partial charge in [0.15, 0.2) is 0 Å². The summed E-state index contributed by atoms with van der Waals surface area (Å²) in [6, 6.07) is 0. The Balaban J connectivity index is 1.88. The lowest BCUT2D eigenvalue weighted by Crippen LogP contribution is -2.23. The van der Waals surface area contributed by atoms with E-state index in [4.69, 9.17) is 5.73 Å². The first-order valence-electron chi connectivity index (χ1n) is 7.51. The summed E-state index contributed by atoms with van der Waals surface area (Å²) in [6.45, 7) is 3.21. The number of aromatic nitrogens is 3. The maximum Gasteiger partial charge on any atom is 0.231 e. The maximum atomic E-state index is 5.71. The molecule has 1 heterocycles. The van der Waals surface area contributed by atoms with Gasteiger partial charge in [0.05, 0.1) is 0 Å². The monoisotopic (exact) mass is 278 g/mol. The van der Waals surface area contributed by atoms with Gasteiger partial charge in [-0.3, -0.25) is 0 Å². The van der Waals surface area contributed by atoms with Crippen LogP contribution in [-0.4, -0.2) is 35.6 Å². The van der Waals surface area contributed by atoms with Gasteiger partial charge in [0.25, 0.3) is 0 Å². The fraction of sp³-hybridized carbons (Fsp3) is 0.786. The summed E-state index contributed by atoms with van der Waals surface area (Å²) in [4.78, 5) is 14.4. The van der Waals surface area contributed by atoms with Crippen molar-refractivity contribution in [3.05, 3.63) is 0 Å². The van der Waals surface area contributed by atoms with Gasteiger partial charge in [-0.15, -0.1) is 0 Å². The lowest BCUT2D eigenvalue weighted by Gasteiger charge is -2.27. The van der Waals surface area contributed by atoms with Crippen molar-refractivity contribution >= 4 is 17.8 Å². The van der Waals surface area contributed by atoms with Crippen molar-refractivity contribution in [2.75, 3.05) is 36.6 Å². The van der Waals surface area contributed by atoms with Gasteiger partial charge in [0.2, 0.25) is 17.8 Å². The van der Waals surface area contributed by atoms with Crippen LogP contribution in [0.25, 0.3) is 0 Å². The first-order chi connectivity index (χ1) is 9.58. The van der Waals surface area contributed by atoms with E-state index < -0.39 is 0 Å². The van der Waals surface area contributed by atoms with Crippen LogP contribution in [0.5, 0.6) is 0 Å². The minimum Gasteiger partial charge on any atom is -0.368 e. The molecule has 1 saturated carbocycles. The molecular weight excluding hydrogens is 252 g/mol. The molecule has 0 unspecified atom stereocenters. The molecule has 0 aromatic carbocycles. The third-order valence-electron chi connectivity index (χ3n) is 4.13. The van der Waals surface area contributed by atoms with Crippen molar-refractivity contribution in [2.24, 2.45) is 11.8 Å². The van der Waals surface area contributed by atoms with Crippen LogP contribution in [0.1, 0.15) is 39.0 Å². The molecule has 1 aromatic rings. The zero-order valence-electron chi connectivity index (χ0n) is 12.8. The highest BCUT2D eigenvalue weighted by Crippen LogP contribution is 2.30. The summed E-state index contributed by atoms with van der Waals surface area (Å²) in [7, 11) is 3.79. The molecule has 6 nitrogen and oxygen atoms in total. The average molecular weight is 278 g/mol. The van der Waals surface area contributed by atoms with Gasteiger partial charge in [0.1, 0.15) is 0 Å². The quantitative estimate of drug-likeness (QED) is 0.859. The van der Waals surface area contributed by atoms with E-state index in [1.165, 1.54) is 32.1 Å². The van der Waals surface area contributed by atoms with Gasteiger partial charge in [-0.25, -0.2) is 0 Å². The van der Waals surface area contributed by atoms with Crippen LogP contribution in [0.15, 0.2) is 0 Å². The van der Waals surface area contributed by atoms with Crippen LogP contribution >= 0.6 is 0 Å². The van der Waals surface area contributed by atoms with Crippen molar-refractivity contribution < 1.29 is 0 Å². The van der Waals surface area contributed by atoms with Gasteiger partial charge in [-0.2, -0.15) is 15.0 Å². The molecular formula is C14H26N6. The van der Waals surface area contributed by atoms with E-state index >= 15 is 0 Å². The predicted molar refractivity (Wildman–Crippen MR) is 82.8 cm³/mol. The number of hydrogen-bond acceptors (Lipinski definition) is 6. The van der Waals surface area contributed by atoms with Crippen molar-refractivity contribution in [3.63, 3.8) is 0 Å². The second-order valence-corrected chi connectivity index (χ2v) is 5.89. The van der Waals surface area contributed by atoms with E-state index in [1.54, 1.807) is 0 Å². The van der Waals surface area contributed by atoms with Crippen molar-refractivity contribution in [1.82, 2.24) is 15.0 Å².